The molecule has 0 bridgehead atoms. The Morgan fingerprint density at radius 1 is 1.20 bits per heavy atom. The number of hydrogen-bond donors (Lipinski definition) is 1. The van der Waals surface area contributed by atoms with Crippen molar-refractivity contribution >= 4 is 31.9 Å². The van der Waals surface area contributed by atoms with Gasteiger partial charge in [-0.05, 0) is 43.7 Å². The Morgan fingerprint density at radius 2 is 1.80 bits per heavy atom. The van der Waals surface area contributed by atoms with Gasteiger partial charge in [-0.15, -0.1) is 0 Å². The molecule has 0 amide bonds. The highest BCUT2D eigenvalue weighted by Gasteiger charge is 2.51. The molecule has 7 nitrogen and oxygen atoms in total. The summed E-state index contributed by atoms with van der Waals surface area (Å²) in [6.07, 6.45) is 0. The Kier molecular flexibility index (Phi) is 6.19. The van der Waals surface area contributed by atoms with Gasteiger partial charge in [0.2, 0.25) is 0 Å². The Morgan fingerprint density at radius 3 is 2.33 bits per heavy atom. The molecule has 0 saturated heterocycles. The zero-order chi connectivity index (χ0) is 22.1. The van der Waals surface area contributed by atoms with E-state index in [0.717, 1.165) is 14.3 Å². The average molecular weight is 490 g/mol. The molecule has 9 heteroatoms. The van der Waals surface area contributed by atoms with Gasteiger partial charge in [0.25, 0.3) is 10.0 Å². The SMILES string of the molecule is CCOC(=O)C1C(c2ccc(Br)cc2)C(C#N)=C(N)N1S(=O)(=O)c1ccc(C)cc1. The predicted molar refractivity (Wildman–Crippen MR) is 114 cm³/mol. The molecule has 0 aromatic heterocycles. The Balaban J connectivity index is 2.21. The van der Waals surface area contributed by atoms with Crippen LogP contribution < -0.4 is 5.73 Å². The van der Waals surface area contributed by atoms with Crippen LogP contribution in [0.2, 0.25) is 0 Å². The van der Waals surface area contributed by atoms with Crippen LogP contribution in [0.4, 0.5) is 0 Å². The van der Waals surface area contributed by atoms with E-state index in [2.05, 4.69) is 15.9 Å². The first-order valence-electron chi connectivity index (χ1n) is 9.15. The van der Waals surface area contributed by atoms with Gasteiger partial charge in [0.15, 0.2) is 6.04 Å². The summed E-state index contributed by atoms with van der Waals surface area (Å²) < 4.78 is 33.7. The lowest BCUT2D eigenvalue weighted by Gasteiger charge is -2.28. The number of nitrogens with two attached hydrogens (primary N) is 1. The lowest BCUT2D eigenvalue weighted by atomic mass is 9.88. The zero-order valence-corrected chi connectivity index (χ0v) is 18.8. The van der Waals surface area contributed by atoms with E-state index < -0.39 is 28.0 Å². The Bertz CT molecular complexity index is 1140. The Hall–Kier alpha value is -2.83. The van der Waals surface area contributed by atoms with Crippen LogP contribution in [0.1, 0.15) is 24.0 Å². The van der Waals surface area contributed by atoms with Crippen molar-refractivity contribution < 1.29 is 17.9 Å². The lowest BCUT2D eigenvalue weighted by Crippen LogP contribution is -2.45. The van der Waals surface area contributed by atoms with E-state index in [1.165, 1.54) is 12.1 Å². The molecule has 1 heterocycles. The van der Waals surface area contributed by atoms with Crippen molar-refractivity contribution in [3.8, 4) is 6.07 Å². The summed E-state index contributed by atoms with van der Waals surface area (Å²) in [4.78, 5) is 12.9. The number of carbonyl (C=O) groups excluding carboxylic acids is 1. The third-order valence-electron chi connectivity index (χ3n) is 4.85. The second kappa shape index (κ2) is 8.50. The van der Waals surface area contributed by atoms with Gasteiger partial charge in [0, 0.05) is 4.47 Å². The van der Waals surface area contributed by atoms with Gasteiger partial charge in [-0.25, -0.2) is 17.5 Å². The van der Waals surface area contributed by atoms with Crippen LogP contribution in [0, 0.1) is 18.3 Å². The minimum Gasteiger partial charge on any atom is -0.464 e. The minimum atomic E-state index is -4.22. The second-order valence-electron chi connectivity index (χ2n) is 6.75. The number of nitriles is 1. The molecule has 0 fully saturated rings. The van der Waals surface area contributed by atoms with Crippen molar-refractivity contribution in [1.82, 2.24) is 4.31 Å². The van der Waals surface area contributed by atoms with Crippen LogP contribution in [-0.2, 0) is 19.6 Å². The van der Waals surface area contributed by atoms with Crippen LogP contribution >= 0.6 is 15.9 Å². The van der Waals surface area contributed by atoms with Gasteiger partial charge in [-0.1, -0.05) is 45.8 Å². The fourth-order valence-electron chi connectivity index (χ4n) is 3.43. The number of hydrogen-bond acceptors (Lipinski definition) is 6. The van der Waals surface area contributed by atoms with Gasteiger partial charge in [0.05, 0.1) is 29.1 Å². The van der Waals surface area contributed by atoms with Crippen LogP contribution in [0.3, 0.4) is 0 Å². The standard InChI is InChI=1S/C21H20BrN3O4S/c1-3-29-21(26)19-18(14-6-8-15(22)9-7-14)17(12-23)20(24)25(19)30(27,28)16-10-4-13(2)5-11-16/h4-11,18-19H,3,24H2,1-2H3. The first-order chi connectivity index (χ1) is 14.2. The van der Waals surface area contributed by atoms with Gasteiger partial charge in [0.1, 0.15) is 5.82 Å². The molecule has 0 radical (unpaired) electrons. The smallest absolute Gasteiger partial charge is 0.331 e. The zero-order valence-electron chi connectivity index (χ0n) is 16.4. The van der Waals surface area contributed by atoms with Crippen molar-refractivity contribution in [2.24, 2.45) is 5.73 Å². The number of benzene rings is 2. The number of carbonyl (C=O) groups is 1. The van der Waals surface area contributed by atoms with Crippen molar-refractivity contribution in [2.75, 3.05) is 6.61 Å². The molecular formula is C21H20BrN3O4S. The van der Waals surface area contributed by atoms with E-state index in [4.69, 9.17) is 10.5 Å². The molecule has 30 heavy (non-hydrogen) atoms. The first kappa shape index (κ1) is 21.9. The molecule has 0 saturated carbocycles. The molecule has 0 spiro atoms. The quantitative estimate of drug-likeness (QED) is 0.645. The van der Waals surface area contributed by atoms with Gasteiger partial charge < -0.3 is 10.5 Å². The molecule has 1 aliphatic heterocycles. The van der Waals surface area contributed by atoms with Crippen molar-refractivity contribution in [3.05, 3.63) is 75.5 Å². The number of halogens is 1. The number of sulfonamides is 1. The fraction of sp³-hybridized carbons (Fsp3) is 0.238. The summed E-state index contributed by atoms with van der Waals surface area (Å²) in [6, 6.07) is 13.8. The normalized spacial score (nSPS) is 18.9. The number of aryl methyl sites for hydroxylation is 1. The highest BCUT2D eigenvalue weighted by atomic mass is 79.9. The van der Waals surface area contributed by atoms with Gasteiger partial charge >= 0.3 is 5.97 Å². The molecule has 0 aliphatic carbocycles. The summed E-state index contributed by atoms with van der Waals surface area (Å²) >= 11 is 3.35. The van der Waals surface area contributed by atoms with E-state index in [1.807, 2.05) is 13.0 Å². The number of rotatable bonds is 5. The second-order valence-corrected chi connectivity index (χ2v) is 9.48. The van der Waals surface area contributed by atoms with Crippen LogP contribution in [0.15, 0.2) is 69.3 Å². The van der Waals surface area contributed by atoms with E-state index >= 15 is 0 Å². The third kappa shape index (κ3) is 3.80. The van der Waals surface area contributed by atoms with Crippen molar-refractivity contribution in [1.29, 1.82) is 5.26 Å². The van der Waals surface area contributed by atoms with E-state index in [9.17, 15) is 18.5 Å². The van der Waals surface area contributed by atoms with Gasteiger partial charge in [-0.3, -0.25) is 0 Å². The number of ether oxygens (including phenoxy) is 1. The lowest BCUT2D eigenvalue weighted by molar-refractivity contribution is -0.147. The van der Waals surface area contributed by atoms with Crippen molar-refractivity contribution in [3.63, 3.8) is 0 Å². The summed E-state index contributed by atoms with van der Waals surface area (Å²) in [5.41, 5.74) is 7.62. The number of esters is 1. The van der Waals surface area contributed by atoms with E-state index in [-0.39, 0.29) is 22.9 Å². The van der Waals surface area contributed by atoms with Crippen molar-refractivity contribution in [2.45, 2.75) is 30.7 Å². The third-order valence-corrected chi connectivity index (χ3v) is 7.19. The molecule has 2 unspecified atom stereocenters. The minimum absolute atomic E-state index is 0.00561. The number of nitrogens with zero attached hydrogens (tertiary/aromatic N) is 2. The topological polar surface area (TPSA) is 113 Å². The molecule has 2 aromatic carbocycles. The van der Waals surface area contributed by atoms with Crippen LogP contribution in [0.5, 0.6) is 0 Å². The maximum Gasteiger partial charge on any atom is 0.331 e. The molecular weight excluding hydrogens is 470 g/mol. The summed E-state index contributed by atoms with van der Waals surface area (Å²) in [5.74, 6) is -1.93. The monoisotopic (exact) mass is 489 g/mol. The van der Waals surface area contributed by atoms with Crippen LogP contribution in [0.25, 0.3) is 0 Å². The highest BCUT2D eigenvalue weighted by molar-refractivity contribution is 9.10. The molecule has 3 rings (SSSR count). The van der Waals surface area contributed by atoms with E-state index in [1.54, 1.807) is 43.3 Å². The van der Waals surface area contributed by atoms with Crippen LogP contribution in [-0.4, -0.2) is 31.3 Å². The fourth-order valence-corrected chi connectivity index (χ4v) is 5.26. The maximum absolute atomic E-state index is 13.5. The average Bonchev–Trinajstić information content (AvgIpc) is 3.02. The molecule has 156 valence electrons. The largest absolute Gasteiger partial charge is 0.464 e. The Labute approximate surface area is 183 Å². The predicted octanol–water partition coefficient (Wildman–Crippen LogP) is 3.17. The molecule has 2 aromatic rings. The van der Waals surface area contributed by atoms with Gasteiger partial charge in [-0.2, -0.15) is 5.26 Å². The molecule has 2 N–H and O–H groups in total. The van der Waals surface area contributed by atoms with E-state index in [0.29, 0.717) is 5.56 Å². The summed E-state index contributed by atoms with van der Waals surface area (Å²) in [5, 5.41) is 9.77. The highest BCUT2D eigenvalue weighted by Crippen LogP contribution is 2.43. The molecule has 1 aliphatic rings. The molecule has 2 atom stereocenters. The maximum atomic E-state index is 13.5. The summed E-state index contributed by atoms with van der Waals surface area (Å²) in [6.45, 7) is 3.52. The first-order valence-corrected chi connectivity index (χ1v) is 11.4. The summed E-state index contributed by atoms with van der Waals surface area (Å²) in [7, 11) is -4.22.